The molecule has 2 rings (SSSR count). The van der Waals surface area contributed by atoms with Crippen molar-refractivity contribution < 1.29 is 14.3 Å². The summed E-state index contributed by atoms with van der Waals surface area (Å²) in [5.74, 6) is 0.583. The highest BCUT2D eigenvalue weighted by Gasteiger charge is 2.26. The van der Waals surface area contributed by atoms with Crippen LogP contribution >= 0.6 is 0 Å². The van der Waals surface area contributed by atoms with Crippen LogP contribution < -0.4 is 10.1 Å². The highest BCUT2D eigenvalue weighted by molar-refractivity contribution is 5.87. The van der Waals surface area contributed by atoms with Gasteiger partial charge in [0, 0.05) is 19.0 Å². The Morgan fingerprint density at radius 2 is 1.50 bits per heavy atom. The molecule has 0 unspecified atom stereocenters. The van der Waals surface area contributed by atoms with Crippen molar-refractivity contribution in [3.05, 3.63) is 65.2 Å². The molecular weight excluding hydrogens is 400 g/mol. The Bertz CT molecular complexity index is 881. The molecule has 32 heavy (non-hydrogen) atoms. The Morgan fingerprint density at radius 1 is 0.938 bits per heavy atom. The van der Waals surface area contributed by atoms with Crippen molar-refractivity contribution in [1.82, 2.24) is 10.2 Å². The minimum absolute atomic E-state index is 0.0178. The number of nitrogens with one attached hydrogen (secondary N) is 1. The van der Waals surface area contributed by atoms with Crippen molar-refractivity contribution in [2.24, 2.45) is 0 Å². The molecule has 2 amide bonds. The second-order valence-corrected chi connectivity index (χ2v) is 9.66. The number of methoxy groups -OCH3 is 1. The lowest BCUT2D eigenvalue weighted by atomic mass is 9.86. The average molecular weight is 439 g/mol. The summed E-state index contributed by atoms with van der Waals surface area (Å²) in [6, 6.07) is 15.5. The Labute approximate surface area is 193 Å². The lowest BCUT2D eigenvalue weighted by Gasteiger charge is -2.29. The molecule has 2 aromatic rings. The van der Waals surface area contributed by atoms with Gasteiger partial charge >= 0.3 is 0 Å². The van der Waals surface area contributed by atoms with Gasteiger partial charge in [-0.1, -0.05) is 57.2 Å². The minimum Gasteiger partial charge on any atom is -0.497 e. The third kappa shape index (κ3) is 7.40. The molecule has 1 atom stereocenters. The molecule has 1 N–H and O–H groups in total. The summed E-state index contributed by atoms with van der Waals surface area (Å²) in [5, 5.41) is 2.92. The van der Waals surface area contributed by atoms with Gasteiger partial charge < -0.3 is 15.0 Å². The number of hydrogen-bond donors (Lipinski definition) is 1. The van der Waals surface area contributed by atoms with E-state index < -0.39 is 6.04 Å². The molecule has 0 radical (unpaired) electrons. The quantitative estimate of drug-likeness (QED) is 0.608. The number of amides is 2. The number of benzene rings is 2. The molecule has 0 bridgehead atoms. The topological polar surface area (TPSA) is 58.6 Å². The maximum atomic E-state index is 13.2. The fourth-order valence-electron chi connectivity index (χ4n) is 3.48. The van der Waals surface area contributed by atoms with Crippen LogP contribution in [0.25, 0.3) is 0 Å². The summed E-state index contributed by atoms with van der Waals surface area (Å²) in [7, 11) is 1.62. The van der Waals surface area contributed by atoms with Crippen LogP contribution in [0.4, 0.5) is 0 Å². The van der Waals surface area contributed by atoms with Crippen molar-refractivity contribution in [3.8, 4) is 5.75 Å². The molecule has 0 spiro atoms. The predicted molar refractivity (Wildman–Crippen MR) is 130 cm³/mol. The third-order valence-electron chi connectivity index (χ3n) is 5.56. The fourth-order valence-corrected chi connectivity index (χ4v) is 3.48. The molecule has 0 aliphatic rings. The molecule has 0 aliphatic heterocycles. The van der Waals surface area contributed by atoms with Crippen LogP contribution in [0.5, 0.6) is 5.75 Å². The first-order valence-corrected chi connectivity index (χ1v) is 11.3. The van der Waals surface area contributed by atoms with Gasteiger partial charge in [-0.05, 0) is 61.4 Å². The van der Waals surface area contributed by atoms with Gasteiger partial charge in [0.25, 0.3) is 0 Å². The Morgan fingerprint density at radius 3 is 2.00 bits per heavy atom. The van der Waals surface area contributed by atoms with Gasteiger partial charge in [-0.2, -0.15) is 0 Å². The number of rotatable bonds is 9. The van der Waals surface area contributed by atoms with Crippen LogP contribution in [0.2, 0.25) is 0 Å². The summed E-state index contributed by atoms with van der Waals surface area (Å²) in [5.41, 5.74) is 3.45. The molecule has 0 saturated heterocycles. The van der Waals surface area contributed by atoms with Gasteiger partial charge in [0.15, 0.2) is 0 Å². The number of nitrogens with zero attached hydrogens (tertiary/aromatic N) is 1. The van der Waals surface area contributed by atoms with Crippen LogP contribution in [0.1, 0.15) is 64.7 Å². The summed E-state index contributed by atoms with van der Waals surface area (Å²) >= 11 is 0. The Kier molecular flexibility index (Phi) is 8.88. The van der Waals surface area contributed by atoms with Crippen molar-refractivity contribution >= 4 is 11.8 Å². The highest BCUT2D eigenvalue weighted by atomic mass is 16.5. The van der Waals surface area contributed by atoms with Gasteiger partial charge in [-0.3, -0.25) is 9.59 Å². The number of hydrogen-bond acceptors (Lipinski definition) is 3. The van der Waals surface area contributed by atoms with E-state index in [1.54, 1.807) is 18.9 Å². The standard InChI is InChI=1S/C27H38N2O3/c1-19(2)28-26(31)20(3)29(18-22-10-15-24(32-7)16-11-22)25(30)17-12-21-8-13-23(14-9-21)27(4,5)6/h8-11,13-16,19-20H,12,17-18H2,1-7H3,(H,28,31)/t20-/m0/s1. The molecular formula is C27H38N2O3. The van der Waals surface area contributed by atoms with Crippen LogP contribution in [-0.4, -0.2) is 35.9 Å². The second kappa shape index (κ2) is 11.2. The minimum atomic E-state index is -0.560. The van der Waals surface area contributed by atoms with E-state index in [2.05, 4.69) is 50.4 Å². The van der Waals surface area contributed by atoms with Crippen LogP contribution in [0.3, 0.4) is 0 Å². The molecule has 0 saturated carbocycles. The summed E-state index contributed by atoms with van der Waals surface area (Å²) < 4.78 is 5.22. The third-order valence-corrected chi connectivity index (χ3v) is 5.56. The first kappa shape index (κ1) is 25.4. The highest BCUT2D eigenvalue weighted by Crippen LogP contribution is 2.23. The van der Waals surface area contributed by atoms with Crippen molar-refractivity contribution in [3.63, 3.8) is 0 Å². The maximum absolute atomic E-state index is 13.2. The molecule has 5 nitrogen and oxygen atoms in total. The number of ether oxygens (including phenoxy) is 1. The monoisotopic (exact) mass is 438 g/mol. The summed E-state index contributed by atoms with van der Waals surface area (Å²) in [4.78, 5) is 27.6. The molecule has 0 fully saturated rings. The lowest BCUT2D eigenvalue weighted by molar-refractivity contribution is -0.140. The van der Waals surface area contributed by atoms with E-state index in [1.165, 1.54) is 5.56 Å². The van der Waals surface area contributed by atoms with Crippen LogP contribution in [0.15, 0.2) is 48.5 Å². The largest absolute Gasteiger partial charge is 0.497 e. The number of carbonyl (C=O) groups excluding carboxylic acids is 2. The first-order chi connectivity index (χ1) is 15.0. The van der Waals surface area contributed by atoms with Crippen molar-refractivity contribution in [2.45, 2.75) is 78.4 Å². The van der Waals surface area contributed by atoms with E-state index in [-0.39, 0.29) is 23.3 Å². The van der Waals surface area contributed by atoms with Gasteiger partial charge in [-0.15, -0.1) is 0 Å². The molecule has 5 heteroatoms. The molecule has 2 aromatic carbocycles. The zero-order chi connectivity index (χ0) is 23.9. The van der Waals surface area contributed by atoms with Gasteiger partial charge in [0.2, 0.25) is 11.8 Å². The van der Waals surface area contributed by atoms with E-state index in [0.717, 1.165) is 16.9 Å². The number of carbonyl (C=O) groups is 2. The Balaban J connectivity index is 2.13. The molecule has 0 aromatic heterocycles. The average Bonchev–Trinajstić information content (AvgIpc) is 2.75. The van der Waals surface area contributed by atoms with Crippen LogP contribution in [-0.2, 0) is 28.0 Å². The summed E-state index contributed by atoms with van der Waals surface area (Å²) in [6.45, 7) is 12.6. The number of aryl methyl sites for hydroxylation is 1. The van der Waals surface area contributed by atoms with E-state index in [0.29, 0.717) is 19.4 Å². The fraction of sp³-hybridized carbons (Fsp3) is 0.481. The van der Waals surface area contributed by atoms with Gasteiger partial charge in [0.05, 0.1) is 7.11 Å². The van der Waals surface area contributed by atoms with Crippen LogP contribution in [0, 0.1) is 0 Å². The molecule has 0 aliphatic carbocycles. The van der Waals surface area contributed by atoms with E-state index in [4.69, 9.17) is 4.74 Å². The van der Waals surface area contributed by atoms with Gasteiger partial charge in [-0.25, -0.2) is 0 Å². The van der Waals surface area contributed by atoms with E-state index in [1.807, 2.05) is 38.1 Å². The normalized spacial score (nSPS) is 12.4. The van der Waals surface area contributed by atoms with Crippen molar-refractivity contribution in [2.75, 3.05) is 7.11 Å². The van der Waals surface area contributed by atoms with E-state index >= 15 is 0 Å². The molecule has 0 heterocycles. The maximum Gasteiger partial charge on any atom is 0.242 e. The van der Waals surface area contributed by atoms with E-state index in [9.17, 15) is 9.59 Å². The summed E-state index contributed by atoms with van der Waals surface area (Å²) in [6.07, 6.45) is 0.991. The smallest absolute Gasteiger partial charge is 0.242 e. The lowest BCUT2D eigenvalue weighted by Crippen LogP contribution is -2.49. The molecule has 174 valence electrons. The Hall–Kier alpha value is -2.82. The first-order valence-electron chi connectivity index (χ1n) is 11.3. The zero-order valence-electron chi connectivity index (χ0n) is 20.6. The SMILES string of the molecule is COc1ccc(CN(C(=O)CCc2ccc(C(C)(C)C)cc2)[C@@H](C)C(=O)NC(C)C)cc1. The zero-order valence-corrected chi connectivity index (χ0v) is 20.6. The van der Waals surface area contributed by atoms with Gasteiger partial charge in [0.1, 0.15) is 11.8 Å². The second-order valence-electron chi connectivity index (χ2n) is 9.66. The van der Waals surface area contributed by atoms with Crippen molar-refractivity contribution in [1.29, 1.82) is 0 Å². The predicted octanol–water partition coefficient (Wildman–Crippen LogP) is 4.87.